The van der Waals surface area contributed by atoms with Crippen LogP contribution in [0.4, 0.5) is 10.1 Å². The number of benzene rings is 2. The Bertz CT molecular complexity index is 735. The van der Waals surface area contributed by atoms with Gasteiger partial charge in [-0.15, -0.1) is 0 Å². The van der Waals surface area contributed by atoms with E-state index in [1.54, 1.807) is 4.90 Å². The van der Waals surface area contributed by atoms with Crippen LogP contribution in [0.1, 0.15) is 22.8 Å². The number of halogens is 1. The number of carbonyl (C=O) groups excluding carboxylic acids is 2. The molecule has 0 atom stereocenters. The highest BCUT2D eigenvalue weighted by atomic mass is 19.1. The lowest BCUT2D eigenvalue weighted by atomic mass is 10.1. The molecule has 0 saturated carbocycles. The van der Waals surface area contributed by atoms with Gasteiger partial charge in [0.2, 0.25) is 5.91 Å². The molecule has 0 aliphatic rings. The first-order chi connectivity index (χ1) is 12.0. The molecule has 5 nitrogen and oxygen atoms in total. The molecular formula is C19H22FN3O2. The minimum atomic E-state index is -0.582. The molecule has 0 radical (unpaired) electrons. The van der Waals surface area contributed by atoms with Gasteiger partial charge in [-0.25, -0.2) is 4.39 Å². The Morgan fingerprint density at radius 3 is 2.48 bits per heavy atom. The summed E-state index contributed by atoms with van der Waals surface area (Å²) in [5.74, 6) is -1.22. The maximum absolute atomic E-state index is 13.8. The molecule has 0 aliphatic heterocycles. The third-order valence-electron chi connectivity index (χ3n) is 3.72. The molecule has 2 aromatic rings. The zero-order valence-corrected chi connectivity index (χ0v) is 14.2. The van der Waals surface area contributed by atoms with Crippen molar-refractivity contribution < 1.29 is 14.0 Å². The van der Waals surface area contributed by atoms with Crippen LogP contribution in [0.25, 0.3) is 0 Å². The van der Waals surface area contributed by atoms with Crippen LogP contribution in [0.5, 0.6) is 0 Å². The lowest BCUT2D eigenvalue weighted by Crippen LogP contribution is -2.37. The Labute approximate surface area is 146 Å². The first-order valence-corrected chi connectivity index (χ1v) is 8.11. The summed E-state index contributed by atoms with van der Waals surface area (Å²) in [5, 5.41) is 2.39. The average Bonchev–Trinajstić information content (AvgIpc) is 2.60. The van der Waals surface area contributed by atoms with Crippen molar-refractivity contribution in [3.63, 3.8) is 0 Å². The number of nitrogens with one attached hydrogen (secondary N) is 1. The molecule has 0 unspecified atom stereocenters. The van der Waals surface area contributed by atoms with Crippen LogP contribution < -0.4 is 11.1 Å². The average molecular weight is 343 g/mol. The predicted molar refractivity (Wildman–Crippen MR) is 95.8 cm³/mol. The van der Waals surface area contributed by atoms with E-state index in [0.29, 0.717) is 31.6 Å². The molecule has 0 saturated heterocycles. The fourth-order valence-electron chi connectivity index (χ4n) is 2.51. The second-order valence-corrected chi connectivity index (χ2v) is 5.69. The lowest BCUT2D eigenvalue weighted by molar-refractivity contribution is -0.114. The molecule has 2 amide bonds. The maximum atomic E-state index is 13.8. The van der Waals surface area contributed by atoms with Crippen LogP contribution >= 0.6 is 0 Å². The molecule has 0 spiro atoms. The molecule has 3 N–H and O–H groups in total. The van der Waals surface area contributed by atoms with Crippen molar-refractivity contribution >= 4 is 17.5 Å². The largest absolute Gasteiger partial charge is 0.337 e. The highest BCUT2D eigenvalue weighted by molar-refractivity contribution is 5.97. The van der Waals surface area contributed by atoms with E-state index >= 15 is 0 Å². The fourth-order valence-corrected chi connectivity index (χ4v) is 2.51. The van der Waals surface area contributed by atoms with E-state index in [1.165, 1.54) is 25.1 Å². The summed E-state index contributed by atoms with van der Waals surface area (Å²) in [6.45, 7) is 2.53. The maximum Gasteiger partial charge on any atom is 0.253 e. The van der Waals surface area contributed by atoms with Crippen LogP contribution in [-0.4, -0.2) is 36.3 Å². The van der Waals surface area contributed by atoms with Gasteiger partial charge in [-0.2, -0.15) is 0 Å². The molecule has 0 aliphatic carbocycles. The van der Waals surface area contributed by atoms with Crippen LogP contribution in [0, 0.1) is 5.82 Å². The third-order valence-corrected chi connectivity index (χ3v) is 3.72. The van der Waals surface area contributed by atoms with Crippen molar-refractivity contribution in [1.82, 2.24) is 4.90 Å². The van der Waals surface area contributed by atoms with Gasteiger partial charge in [0.05, 0.1) is 5.69 Å². The van der Waals surface area contributed by atoms with Gasteiger partial charge >= 0.3 is 0 Å². The van der Waals surface area contributed by atoms with Crippen molar-refractivity contribution in [2.24, 2.45) is 5.73 Å². The summed E-state index contributed by atoms with van der Waals surface area (Å²) in [5.41, 5.74) is 7.05. The summed E-state index contributed by atoms with van der Waals surface area (Å²) in [6.07, 6.45) is 0.701. The monoisotopic (exact) mass is 343 g/mol. The minimum absolute atomic E-state index is 0.00546. The highest BCUT2D eigenvalue weighted by Crippen LogP contribution is 2.18. The van der Waals surface area contributed by atoms with E-state index in [0.717, 1.165) is 5.56 Å². The van der Waals surface area contributed by atoms with Gasteiger partial charge in [0.1, 0.15) is 5.82 Å². The molecule has 6 heteroatoms. The first-order valence-electron chi connectivity index (χ1n) is 8.11. The van der Waals surface area contributed by atoms with Crippen LogP contribution in [0.2, 0.25) is 0 Å². The van der Waals surface area contributed by atoms with E-state index < -0.39 is 11.7 Å². The highest BCUT2D eigenvalue weighted by Gasteiger charge is 2.17. The van der Waals surface area contributed by atoms with E-state index in [9.17, 15) is 14.0 Å². The normalized spacial score (nSPS) is 10.4. The Hall–Kier alpha value is -2.73. The molecule has 132 valence electrons. The van der Waals surface area contributed by atoms with Gasteiger partial charge in [0, 0.05) is 32.1 Å². The number of hydrogen-bond acceptors (Lipinski definition) is 3. The second kappa shape index (κ2) is 8.94. The summed E-state index contributed by atoms with van der Waals surface area (Å²) >= 11 is 0. The van der Waals surface area contributed by atoms with Crippen LogP contribution in [0.15, 0.2) is 48.5 Å². The minimum Gasteiger partial charge on any atom is -0.337 e. The molecule has 0 fully saturated rings. The number of nitrogens with zero attached hydrogens (tertiary/aromatic N) is 1. The fraction of sp³-hybridized carbons (Fsp3) is 0.263. The Balaban J connectivity index is 2.14. The van der Waals surface area contributed by atoms with E-state index in [1.807, 2.05) is 30.3 Å². The summed E-state index contributed by atoms with van der Waals surface area (Å²) in [4.78, 5) is 25.5. The predicted octanol–water partition coefficient (Wildman–Crippen LogP) is 2.43. The molecule has 0 heterocycles. The van der Waals surface area contributed by atoms with Gasteiger partial charge in [-0.05, 0) is 30.2 Å². The lowest BCUT2D eigenvalue weighted by Gasteiger charge is -2.22. The molecule has 2 rings (SSSR count). The zero-order chi connectivity index (χ0) is 18.2. The molecule has 2 aromatic carbocycles. The topological polar surface area (TPSA) is 75.4 Å². The molecular weight excluding hydrogens is 321 g/mol. The zero-order valence-electron chi connectivity index (χ0n) is 14.2. The quantitative estimate of drug-likeness (QED) is 0.811. The Morgan fingerprint density at radius 2 is 1.84 bits per heavy atom. The van der Waals surface area contributed by atoms with Gasteiger partial charge < -0.3 is 16.0 Å². The molecule has 0 aromatic heterocycles. The summed E-state index contributed by atoms with van der Waals surface area (Å²) in [7, 11) is 0. The number of anilines is 1. The number of amides is 2. The van der Waals surface area contributed by atoms with Gasteiger partial charge in [0.15, 0.2) is 0 Å². The van der Waals surface area contributed by atoms with E-state index in [2.05, 4.69) is 5.32 Å². The van der Waals surface area contributed by atoms with Crippen molar-refractivity contribution in [3.05, 3.63) is 65.5 Å². The third kappa shape index (κ3) is 5.39. The Morgan fingerprint density at radius 1 is 1.12 bits per heavy atom. The first kappa shape index (κ1) is 18.6. The number of rotatable bonds is 7. The number of hydrogen-bond donors (Lipinski definition) is 2. The van der Waals surface area contributed by atoms with Crippen LogP contribution in [-0.2, 0) is 11.2 Å². The summed E-state index contributed by atoms with van der Waals surface area (Å²) in [6, 6.07) is 13.8. The number of nitrogens with two attached hydrogens (primary N) is 1. The smallest absolute Gasteiger partial charge is 0.253 e. The van der Waals surface area contributed by atoms with Crippen molar-refractivity contribution in [3.8, 4) is 0 Å². The van der Waals surface area contributed by atoms with Crippen molar-refractivity contribution in [2.45, 2.75) is 13.3 Å². The molecule has 25 heavy (non-hydrogen) atoms. The van der Waals surface area contributed by atoms with Gasteiger partial charge in [-0.3, -0.25) is 9.59 Å². The van der Waals surface area contributed by atoms with Crippen molar-refractivity contribution in [2.75, 3.05) is 25.0 Å². The van der Waals surface area contributed by atoms with Crippen molar-refractivity contribution in [1.29, 1.82) is 0 Å². The van der Waals surface area contributed by atoms with Gasteiger partial charge in [-0.1, -0.05) is 30.3 Å². The molecule has 0 bridgehead atoms. The van der Waals surface area contributed by atoms with Gasteiger partial charge in [0.25, 0.3) is 5.91 Å². The van der Waals surface area contributed by atoms with Crippen LogP contribution in [0.3, 0.4) is 0 Å². The van der Waals surface area contributed by atoms with E-state index in [-0.39, 0.29) is 11.6 Å². The summed E-state index contributed by atoms with van der Waals surface area (Å²) < 4.78 is 13.8. The second-order valence-electron chi connectivity index (χ2n) is 5.69. The Kier molecular flexibility index (Phi) is 6.65. The SMILES string of the molecule is CC(=O)Nc1cc(C(=O)N(CCN)CCc2ccccc2)ccc1F. The number of carbonyl (C=O) groups is 2. The van der Waals surface area contributed by atoms with E-state index in [4.69, 9.17) is 5.73 Å². The standard InChI is InChI=1S/C19H22FN3O2/c1-14(24)22-18-13-16(7-8-17(18)20)19(25)23(12-10-21)11-9-15-5-3-2-4-6-15/h2-8,13H,9-12,21H2,1H3,(H,22,24).